The van der Waals surface area contributed by atoms with Crippen LogP contribution in [0.4, 0.5) is 26.3 Å². The number of esters is 2. The van der Waals surface area contributed by atoms with Crippen LogP contribution in [0.5, 0.6) is 10.1 Å². The van der Waals surface area contributed by atoms with E-state index in [2.05, 4.69) is 212 Å². The molecule has 32 heteroatoms. The molecule has 0 atom stereocenters. The average Bonchev–Trinajstić information content (AvgIpc) is 1.70. The van der Waals surface area contributed by atoms with E-state index in [4.69, 9.17) is 20.0 Å². The normalized spacial score (nSPS) is 9.75. The Bertz CT molecular complexity index is 4910. The Balaban J connectivity index is 0.000000379. The number of ether oxygens (including phenoxy) is 5. The molecule has 16 rings (SSSR count). The number of rotatable bonds is 14. The highest BCUT2D eigenvalue weighted by Gasteiger charge is 2.27. The lowest BCUT2D eigenvalue weighted by molar-refractivity contribution is -0.312. The van der Waals surface area contributed by atoms with Crippen LogP contribution < -0.4 is 26.7 Å². The molecule has 16 aromatic rings. The van der Waals surface area contributed by atoms with Crippen LogP contribution in [-0.4, -0.2) is 133 Å². The molecular formula is C97H106F6N14O7S5. The summed E-state index contributed by atoms with van der Waals surface area (Å²) in [6, 6.07) is 93.2. The number of aromatic nitrogens is 9. The quantitative estimate of drug-likeness (QED) is 0.0275. The molecule has 0 fully saturated rings. The zero-order valence-corrected chi connectivity index (χ0v) is 77.7. The number of methoxy groups -OCH3 is 3. The van der Waals surface area contributed by atoms with Crippen molar-refractivity contribution in [3.05, 3.63) is 346 Å². The fourth-order valence-electron chi connectivity index (χ4n) is 11.2. The summed E-state index contributed by atoms with van der Waals surface area (Å²) in [5, 5.41) is 49.8. The highest BCUT2D eigenvalue weighted by molar-refractivity contribution is 7.79. The summed E-state index contributed by atoms with van der Waals surface area (Å²) in [5.41, 5.74) is 34.9. The molecule has 0 aliphatic rings. The van der Waals surface area contributed by atoms with Crippen molar-refractivity contribution in [2.45, 2.75) is 53.3 Å². The van der Waals surface area contributed by atoms with Gasteiger partial charge in [0, 0.05) is 88.9 Å². The van der Waals surface area contributed by atoms with Gasteiger partial charge < -0.3 is 36.4 Å². The van der Waals surface area contributed by atoms with Crippen LogP contribution in [0.25, 0.3) is 89.5 Å². The molecule has 0 bridgehead atoms. The van der Waals surface area contributed by atoms with E-state index >= 15 is 0 Å². The maximum atomic E-state index is 11.8. The van der Waals surface area contributed by atoms with Gasteiger partial charge in [0.05, 0.1) is 47.6 Å². The summed E-state index contributed by atoms with van der Waals surface area (Å²) < 4.78 is 84.1. The Morgan fingerprint density at radius 1 is 0.388 bits per heavy atom. The Morgan fingerprint density at radius 3 is 0.829 bits per heavy atom. The van der Waals surface area contributed by atoms with E-state index < -0.39 is 24.7 Å². The molecule has 11 N–H and O–H groups in total. The van der Waals surface area contributed by atoms with Crippen LogP contribution in [-0.2, 0) is 27.1 Å². The molecule has 0 saturated carbocycles. The van der Waals surface area contributed by atoms with Gasteiger partial charge in [0.25, 0.3) is 0 Å². The van der Waals surface area contributed by atoms with Crippen molar-refractivity contribution in [1.29, 1.82) is 10.5 Å². The highest BCUT2D eigenvalue weighted by Crippen LogP contribution is 2.39. The molecule has 0 unspecified atom stereocenters. The number of halogens is 6. The molecule has 8 aromatic heterocycles. The molecule has 129 heavy (non-hydrogen) atoms. The van der Waals surface area contributed by atoms with Gasteiger partial charge >= 0.3 is 24.7 Å². The number of hydrogen-bond donors (Lipinski definition) is 10. The summed E-state index contributed by atoms with van der Waals surface area (Å²) in [7, 11) is 8.92. The first-order valence-corrected chi connectivity index (χ1v) is 43.5. The SMILES string of the molecule is CCc1c(C)sc(OC(=O)c2ccc[nH]2)c1C#N.CCc1c(C)sc(OC(=O)c2cccs2)c1C#N.CN.CN.CN.COC.COC(F)(F)F.COC(F)(F)F.CS.CS.c1ccc(-c2cn[nH]c2-c2ccccc2)cc1.c1ccc(-c2cn[nH]c2-c2ccccc2)cc1.c1ccc(-c2cn[nH]c2-c2ccccc2)cc1.c1ccc(-c2cn[nH]c2-c2ccccc2)cc1. The van der Waals surface area contributed by atoms with Crippen LogP contribution >= 0.6 is 59.3 Å². The maximum Gasteiger partial charge on any atom is 0.522 e. The van der Waals surface area contributed by atoms with Gasteiger partial charge in [0.1, 0.15) is 33.8 Å². The second kappa shape index (κ2) is 63.0. The number of nitrogens with one attached hydrogen (secondary N) is 5. The third-order valence-corrected chi connectivity index (χ3v) is 19.7. The third-order valence-electron chi connectivity index (χ3n) is 16.8. The fourth-order valence-corrected chi connectivity index (χ4v) is 13.9. The van der Waals surface area contributed by atoms with Crippen LogP contribution in [0, 0.1) is 36.5 Å². The number of nitriles is 2. The van der Waals surface area contributed by atoms with Crippen molar-refractivity contribution in [2.75, 3.05) is 62.1 Å². The van der Waals surface area contributed by atoms with E-state index in [9.17, 15) is 35.9 Å². The lowest BCUT2D eigenvalue weighted by atomic mass is 10.0. The van der Waals surface area contributed by atoms with Gasteiger partial charge in [-0.3, -0.25) is 29.9 Å². The van der Waals surface area contributed by atoms with Gasteiger partial charge in [-0.05, 0) is 117 Å². The lowest BCUT2D eigenvalue weighted by Gasteiger charge is -2.02. The van der Waals surface area contributed by atoms with Crippen molar-refractivity contribution >= 4 is 71.2 Å². The largest absolute Gasteiger partial charge is 0.522 e. The fraction of sp³-hybridized carbons (Fsp3) is 0.175. The molecular weight excluding hydrogens is 1750 g/mol. The first kappa shape index (κ1) is 110. The van der Waals surface area contributed by atoms with Crippen molar-refractivity contribution in [1.82, 2.24) is 45.8 Å². The van der Waals surface area contributed by atoms with E-state index in [1.807, 2.05) is 203 Å². The van der Waals surface area contributed by atoms with Crippen molar-refractivity contribution in [3.63, 3.8) is 0 Å². The van der Waals surface area contributed by atoms with Crippen molar-refractivity contribution < 1.29 is 59.6 Å². The lowest BCUT2D eigenvalue weighted by Crippen LogP contribution is -2.08. The van der Waals surface area contributed by atoms with E-state index in [0.29, 0.717) is 46.0 Å². The predicted molar refractivity (Wildman–Crippen MR) is 518 cm³/mol. The number of thiophene rings is 3. The third kappa shape index (κ3) is 37.0. The van der Waals surface area contributed by atoms with E-state index in [0.717, 1.165) is 101 Å². The Kier molecular flexibility index (Phi) is 53.8. The maximum absolute atomic E-state index is 11.8. The molecule has 0 saturated heterocycles. The first-order valence-electron chi connectivity index (χ1n) is 39.2. The van der Waals surface area contributed by atoms with E-state index in [1.54, 1.807) is 57.2 Å². The van der Waals surface area contributed by atoms with Crippen molar-refractivity contribution in [3.8, 4) is 112 Å². The summed E-state index contributed by atoms with van der Waals surface area (Å²) in [6.07, 6.45) is 5.14. The standard InChI is InChI=1S/4C15H12N2.C13H12N2O2S.C13H11NO2S2.2C2H3F3O.C2H6O.3CH5N.2CH4S/c4*1-3-7-12(8-4-1)14-11-16-17-15(14)13-9-5-2-6-10-13;1-3-9-8(2)18-13(10(9)7-14)17-12(16)11-5-4-6-15-11;1-3-9-8(2)18-13(10(9)7-14)16-12(15)11-5-4-6-17-11;2*1-6-2(3,4)5;1-3-2;5*1-2/h4*1-11H,(H,16,17);4-6,15H,3H2,1-2H3;4-6H,3H2,1-2H3;2*1H3;1-2H3;3*2H2,1H3;2*2H,1H3. The molecule has 0 aliphatic carbocycles. The molecule has 0 spiro atoms. The molecule has 21 nitrogen and oxygen atoms in total. The number of benzene rings is 8. The number of carbonyl (C=O) groups is 2. The Hall–Kier alpha value is -13.1. The predicted octanol–water partition coefficient (Wildman–Crippen LogP) is 24.2. The molecule has 0 amide bonds. The monoisotopic (exact) mass is 1850 g/mol. The number of nitrogens with zero attached hydrogens (tertiary/aromatic N) is 6. The number of thiol groups is 2. The number of nitrogens with two attached hydrogens (primary N) is 3. The van der Waals surface area contributed by atoms with Crippen LogP contribution in [0.1, 0.15) is 66.0 Å². The van der Waals surface area contributed by atoms with Crippen LogP contribution in [0.15, 0.2) is 303 Å². The van der Waals surface area contributed by atoms with Gasteiger partial charge in [-0.15, -0.1) is 60.4 Å². The number of H-pyrrole nitrogens is 5. The van der Waals surface area contributed by atoms with Gasteiger partial charge in [-0.1, -0.05) is 263 Å². The summed E-state index contributed by atoms with van der Waals surface area (Å²) in [5.74, 6) is -0.870. The van der Waals surface area contributed by atoms with Gasteiger partial charge in [-0.2, -0.15) is 56.2 Å². The zero-order valence-electron chi connectivity index (χ0n) is 73.4. The summed E-state index contributed by atoms with van der Waals surface area (Å²) in [4.78, 5) is 29.0. The minimum absolute atomic E-state index is 0.378. The number of aromatic amines is 5. The average molecular weight is 1850 g/mol. The molecule has 8 aromatic carbocycles. The Labute approximate surface area is 772 Å². The van der Waals surface area contributed by atoms with Gasteiger partial charge in [-0.25, -0.2) is 9.59 Å². The van der Waals surface area contributed by atoms with Crippen molar-refractivity contribution in [2.24, 2.45) is 17.2 Å². The molecule has 0 aliphatic heterocycles. The number of hydrogen-bond acceptors (Lipinski definition) is 21. The second-order valence-corrected chi connectivity index (χ2v) is 28.0. The number of carbonyl (C=O) groups excluding carboxylic acids is 2. The molecule has 8 heterocycles. The molecule has 0 radical (unpaired) electrons. The topological polar surface area (TPSA) is 336 Å². The smallest absolute Gasteiger partial charge is 0.410 e. The minimum Gasteiger partial charge on any atom is -0.410 e. The highest BCUT2D eigenvalue weighted by atomic mass is 32.1. The van der Waals surface area contributed by atoms with Gasteiger partial charge in [0.15, 0.2) is 0 Å². The van der Waals surface area contributed by atoms with E-state index in [1.165, 1.54) is 77.4 Å². The number of aryl methyl sites for hydroxylation is 2. The first-order chi connectivity index (χ1) is 62.7. The van der Waals surface area contributed by atoms with E-state index in [-0.39, 0.29) is 0 Å². The Morgan fingerprint density at radius 2 is 0.628 bits per heavy atom. The van der Waals surface area contributed by atoms with Crippen LogP contribution in [0.2, 0.25) is 0 Å². The minimum atomic E-state index is -4.46. The van der Waals surface area contributed by atoms with Crippen LogP contribution in [0.3, 0.4) is 0 Å². The van der Waals surface area contributed by atoms with Gasteiger partial charge in [0.2, 0.25) is 10.1 Å². The summed E-state index contributed by atoms with van der Waals surface area (Å²) in [6.45, 7) is 7.83. The zero-order chi connectivity index (χ0) is 95.4. The second-order valence-electron chi connectivity index (χ2n) is 24.6. The molecule has 678 valence electrons. The summed E-state index contributed by atoms with van der Waals surface area (Å²) >= 11 is 11.1. The number of alkyl halides is 6.